The Hall–Kier alpha value is 0.198. The first-order chi connectivity index (χ1) is 15.6. The van der Waals surface area contributed by atoms with Crippen LogP contribution in [0, 0.1) is 0 Å². The maximum absolute atomic E-state index is 13.8. The van der Waals surface area contributed by atoms with Crippen LogP contribution >= 0.6 is 0 Å². The highest BCUT2D eigenvalue weighted by atomic mass is 28.5. The smallest absolute Gasteiger partial charge is 0.439 e. The molecule has 8 nitrogen and oxygen atoms in total. The lowest BCUT2D eigenvalue weighted by Gasteiger charge is -2.34. The SMILES string of the molecule is CO[Si](C)(CC[Si](OC)(OC)OC)O[SiH](C)O[Si](C)(C)CCCOCC(F)(OCF)C(F)(F)F. The van der Waals surface area contributed by atoms with E-state index in [9.17, 15) is 22.0 Å². The van der Waals surface area contributed by atoms with E-state index in [1.54, 1.807) is 7.11 Å². The van der Waals surface area contributed by atoms with Gasteiger partial charge < -0.3 is 35.4 Å². The van der Waals surface area contributed by atoms with Crippen LogP contribution in [0.25, 0.3) is 0 Å². The Kier molecular flexibility index (Phi) is 14.9. The molecular formula is C17H39F5O8Si4. The molecule has 0 N–H and O–H groups in total. The summed E-state index contributed by atoms with van der Waals surface area (Å²) in [6.45, 7) is 4.20. The third kappa shape index (κ3) is 11.5. The highest BCUT2D eigenvalue weighted by Gasteiger charge is 2.58. The van der Waals surface area contributed by atoms with Crippen molar-refractivity contribution < 1.29 is 57.4 Å². The first-order valence-electron chi connectivity index (χ1n) is 10.7. The van der Waals surface area contributed by atoms with Gasteiger partial charge in [0.15, 0.2) is 15.2 Å². The van der Waals surface area contributed by atoms with E-state index in [0.717, 1.165) is 0 Å². The van der Waals surface area contributed by atoms with E-state index in [0.29, 0.717) is 24.6 Å². The molecule has 0 spiro atoms. The Labute approximate surface area is 203 Å². The van der Waals surface area contributed by atoms with Gasteiger partial charge in [0.25, 0.3) is 9.28 Å². The summed E-state index contributed by atoms with van der Waals surface area (Å²) >= 11 is 0. The van der Waals surface area contributed by atoms with Crippen LogP contribution in [0.2, 0.25) is 44.3 Å². The minimum atomic E-state index is -5.40. The fourth-order valence-corrected chi connectivity index (χ4v) is 16.8. The molecule has 3 unspecified atom stereocenters. The maximum atomic E-state index is 13.8. The van der Waals surface area contributed by atoms with Gasteiger partial charge in [0.05, 0.1) is 0 Å². The molecule has 0 aliphatic rings. The van der Waals surface area contributed by atoms with Crippen molar-refractivity contribution in [1.29, 1.82) is 0 Å². The lowest BCUT2D eigenvalue weighted by atomic mass is 10.3. The summed E-state index contributed by atoms with van der Waals surface area (Å²) in [4.78, 5) is 0. The van der Waals surface area contributed by atoms with Crippen LogP contribution in [-0.4, -0.2) is 95.5 Å². The lowest BCUT2D eigenvalue weighted by molar-refractivity contribution is -0.353. The topological polar surface area (TPSA) is 73.8 Å². The second-order valence-corrected chi connectivity index (χ2v) is 21.6. The fraction of sp³-hybridized carbons (Fsp3) is 1.00. The Bertz CT molecular complexity index is 568. The van der Waals surface area contributed by atoms with E-state index in [2.05, 4.69) is 4.74 Å². The average molecular weight is 579 g/mol. The summed E-state index contributed by atoms with van der Waals surface area (Å²) < 4.78 is 107. The van der Waals surface area contributed by atoms with Crippen LogP contribution in [0.5, 0.6) is 0 Å². The second kappa shape index (κ2) is 14.8. The van der Waals surface area contributed by atoms with Gasteiger partial charge in [-0.15, -0.1) is 0 Å². The first-order valence-corrected chi connectivity index (χ1v) is 20.3. The molecule has 0 aliphatic carbocycles. The molecule has 3 atom stereocenters. The number of alkyl halides is 5. The van der Waals surface area contributed by atoms with Crippen LogP contribution in [0.1, 0.15) is 6.42 Å². The van der Waals surface area contributed by atoms with Gasteiger partial charge in [-0.1, -0.05) is 0 Å². The van der Waals surface area contributed by atoms with Crippen LogP contribution < -0.4 is 0 Å². The van der Waals surface area contributed by atoms with Crippen LogP contribution in [0.15, 0.2) is 0 Å². The summed E-state index contributed by atoms with van der Waals surface area (Å²) in [6, 6.07) is 1.64. The number of rotatable bonds is 19. The van der Waals surface area contributed by atoms with Crippen molar-refractivity contribution in [3.8, 4) is 0 Å². The van der Waals surface area contributed by atoms with Crippen molar-refractivity contribution in [1.82, 2.24) is 0 Å². The molecule has 0 saturated carbocycles. The number of halogens is 5. The molecule has 0 amide bonds. The van der Waals surface area contributed by atoms with E-state index in [-0.39, 0.29) is 6.61 Å². The van der Waals surface area contributed by atoms with Crippen molar-refractivity contribution in [2.75, 3.05) is 48.5 Å². The van der Waals surface area contributed by atoms with Crippen molar-refractivity contribution in [2.45, 2.75) is 62.8 Å². The van der Waals surface area contributed by atoms with E-state index >= 15 is 0 Å². The van der Waals surface area contributed by atoms with E-state index in [1.165, 1.54) is 21.3 Å². The Morgan fingerprint density at radius 3 is 1.79 bits per heavy atom. The molecule has 0 aromatic rings. The molecule has 34 heavy (non-hydrogen) atoms. The van der Waals surface area contributed by atoms with Gasteiger partial charge in [0.2, 0.25) is 0 Å². The normalized spacial score (nSPS) is 17.9. The summed E-state index contributed by atoms with van der Waals surface area (Å²) in [6.07, 6.45) is -5.06. The molecule has 0 rings (SSSR count). The van der Waals surface area contributed by atoms with Gasteiger partial charge in [-0.05, 0) is 44.7 Å². The highest BCUT2D eigenvalue weighted by Crippen LogP contribution is 2.35. The predicted molar refractivity (Wildman–Crippen MR) is 125 cm³/mol. The minimum absolute atomic E-state index is 0.156. The van der Waals surface area contributed by atoms with E-state index in [4.69, 9.17) is 30.7 Å². The van der Waals surface area contributed by atoms with Crippen molar-refractivity contribution >= 4 is 35.0 Å². The quantitative estimate of drug-likeness (QED) is 0.128. The molecule has 0 aliphatic heterocycles. The predicted octanol–water partition coefficient (Wildman–Crippen LogP) is 4.25. The van der Waals surface area contributed by atoms with E-state index in [1.807, 2.05) is 26.2 Å². The van der Waals surface area contributed by atoms with Crippen molar-refractivity contribution in [3.63, 3.8) is 0 Å². The molecule has 0 heterocycles. The highest BCUT2D eigenvalue weighted by molar-refractivity contribution is 6.80. The first kappa shape index (κ1) is 34.2. The van der Waals surface area contributed by atoms with Crippen LogP contribution in [-0.2, 0) is 35.4 Å². The molecule has 0 radical (unpaired) electrons. The Morgan fingerprint density at radius 1 is 0.794 bits per heavy atom. The van der Waals surface area contributed by atoms with E-state index < -0.39 is 60.5 Å². The zero-order valence-corrected chi connectivity index (χ0v) is 25.3. The minimum Gasteiger partial charge on any atom is -0.439 e. The molecule has 0 fully saturated rings. The number of ether oxygens (including phenoxy) is 2. The van der Waals surface area contributed by atoms with Gasteiger partial charge in [-0.3, -0.25) is 0 Å². The van der Waals surface area contributed by atoms with Crippen molar-refractivity contribution in [3.05, 3.63) is 0 Å². The molecule has 206 valence electrons. The fourth-order valence-electron chi connectivity index (χ4n) is 3.12. The summed E-state index contributed by atoms with van der Waals surface area (Å²) in [5, 5.41) is 0. The third-order valence-corrected chi connectivity index (χ3v) is 19.2. The molecular weight excluding hydrogens is 540 g/mol. The van der Waals surface area contributed by atoms with Gasteiger partial charge in [0, 0.05) is 41.1 Å². The van der Waals surface area contributed by atoms with Gasteiger partial charge in [-0.2, -0.15) is 17.6 Å². The van der Waals surface area contributed by atoms with Gasteiger partial charge in [0.1, 0.15) is 6.61 Å². The third-order valence-electron chi connectivity index (χ3n) is 5.21. The van der Waals surface area contributed by atoms with Crippen LogP contribution in [0.4, 0.5) is 22.0 Å². The molecule has 0 bridgehead atoms. The van der Waals surface area contributed by atoms with Gasteiger partial charge in [-0.25, -0.2) is 4.39 Å². The Morgan fingerprint density at radius 2 is 1.35 bits per heavy atom. The number of hydrogen-bond acceptors (Lipinski definition) is 8. The summed E-state index contributed by atoms with van der Waals surface area (Å²) in [7, 11) is -3.56. The Balaban J connectivity index is 4.67. The van der Waals surface area contributed by atoms with Crippen LogP contribution in [0.3, 0.4) is 0 Å². The molecule has 0 aromatic carbocycles. The summed E-state index contributed by atoms with van der Waals surface area (Å²) in [5.41, 5.74) is 0. The molecule has 17 heteroatoms. The van der Waals surface area contributed by atoms with Gasteiger partial charge >= 0.3 is 29.4 Å². The zero-order chi connectivity index (χ0) is 26.7. The number of hydrogen-bond donors (Lipinski definition) is 0. The summed E-state index contributed by atoms with van der Waals surface area (Å²) in [5.74, 6) is -4.18. The second-order valence-electron chi connectivity index (χ2n) is 8.33. The maximum Gasteiger partial charge on any atom is 0.500 e. The largest absolute Gasteiger partial charge is 0.500 e. The molecule has 0 saturated heterocycles. The zero-order valence-electron chi connectivity index (χ0n) is 21.2. The standard InChI is InChI=1S/C17H39F5O8Si4/c1-23-33(8,12-13-34(24-2,25-3)26-4)30-31(5)29-32(6,7)11-9-10-27-14-16(19,28-15-18)17(20,21)22/h31H,9-15H2,1-8H3. The van der Waals surface area contributed by atoms with Crippen molar-refractivity contribution in [2.24, 2.45) is 0 Å². The average Bonchev–Trinajstić information content (AvgIpc) is 2.73. The lowest BCUT2D eigenvalue weighted by Crippen LogP contribution is -2.50. The molecule has 0 aromatic heterocycles. The monoisotopic (exact) mass is 578 g/mol.